The Kier molecular flexibility index (Phi) is 6.28. The van der Waals surface area contributed by atoms with Crippen LogP contribution in [-0.2, 0) is 6.18 Å². The van der Waals surface area contributed by atoms with Crippen molar-refractivity contribution in [1.29, 1.82) is 0 Å². The van der Waals surface area contributed by atoms with Crippen LogP contribution in [0.5, 0.6) is 17.2 Å². The van der Waals surface area contributed by atoms with Crippen molar-refractivity contribution in [3.05, 3.63) is 71.8 Å². The molecule has 2 N–H and O–H groups in total. The lowest BCUT2D eigenvalue weighted by Crippen LogP contribution is -2.33. The molecule has 0 spiro atoms. The highest BCUT2D eigenvalue weighted by Crippen LogP contribution is 2.36. The first-order valence-electron chi connectivity index (χ1n) is 8.65. The van der Waals surface area contributed by atoms with Crippen molar-refractivity contribution in [1.82, 2.24) is 5.10 Å². The fourth-order valence-electron chi connectivity index (χ4n) is 2.47. The Morgan fingerprint density at radius 2 is 1.73 bits per heavy atom. The first kappa shape index (κ1) is 23.6. The molecule has 0 aliphatic carbocycles. The lowest BCUT2D eigenvalue weighted by atomic mass is 10.1. The molecular formula is C19H11F7N3O4+. The van der Waals surface area contributed by atoms with Crippen LogP contribution in [0, 0.1) is 5.82 Å². The second kappa shape index (κ2) is 8.80. The zero-order valence-electron chi connectivity index (χ0n) is 15.9. The molecule has 3 aromatic rings. The van der Waals surface area contributed by atoms with E-state index in [1.165, 1.54) is 6.07 Å². The van der Waals surface area contributed by atoms with E-state index in [9.17, 15) is 35.5 Å². The van der Waals surface area contributed by atoms with Gasteiger partial charge in [0.05, 0.1) is 16.8 Å². The smallest absolute Gasteiger partial charge is 0.456 e. The maximum Gasteiger partial charge on any atom is 0.573 e. The normalized spacial score (nSPS) is 11.7. The lowest BCUT2D eigenvalue weighted by Gasteiger charge is -2.15. The number of alkyl halides is 6. The molecule has 1 heterocycles. The van der Waals surface area contributed by atoms with Crippen LogP contribution < -0.4 is 19.6 Å². The minimum atomic E-state index is -5.17. The van der Waals surface area contributed by atoms with Gasteiger partial charge in [0.2, 0.25) is 0 Å². The second-order valence-electron chi connectivity index (χ2n) is 6.24. The summed E-state index contributed by atoms with van der Waals surface area (Å²) in [5.41, 5.74) is -1.55. The zero-order valence-corrected chi connectivity index (χ0v) is 15.9. The number of nitrogens with zero attached hydrogens (tertiary/aromatic N) is 2. The summed E-state index contributed by atoms with van der Waals surface area (Å²) in [7, 11) is 0. The molecule has 174 valence electrons. The van der Waals surface area contributed by atoms with E-state index in [0.29, 0.717) is 29.1 Å². The molecule has 0 atom stereocenters. The minimum Gasteiger partial charge on any atom is -0.456 e. The van der Waals surface area contributed by atoms with Crippen LogP contribution in [0.3, 0.4) is 0 Å². The summed E-state index contributed by atoms with van der Waals surface area (Å²) >= 11 is 0. The quantitative estimate of drug-likeness (QED) is 0.315. The first-order chi connectivity index (χ1) is 15.3. The summed E-state index contributed by atoms with van der Waals surface area (Å²) in [6, 6.07) is 4.92. The first-order valence-corrected chi connectivity index (χ1v) is 8.65. The van der Waals surface area contributed by atoms with Gasteiger partial charge in [0.1, 0.15) is 22.5 Å². The summed E-state index contributed by atoms with van der Waals surface area (Å²) in [6.45, 7) is 0. The number of carbonyl (C=O) groups is 1. The topological polar surface area (TPSA) is 84.6 Å². The molecule has 1 aromatic heterocycles. The van der Waals surface area contributed by atoms with Gasteiger partial charge in [0.15, 0.2) is 11.6 Å². The molecule has 7 nitrogen and oxygen atoms in total. The molecule has 2 aromatic carbocycles. The number of hydrogen-bond acceptors (Lipinski definition) is 5. The Labute approximate surface area is 179 Å². The third-order valence-electron chi connectivity index (χ3n) is 3.87. The number of ether oxygens (including phenoxy) is 2. The van der Waals surface area contributed by atoms with Crippen molar-refractivity contribution < 1.29 is 55.1 Å². The van der Waals surface area contributed by atoms with E-state index >= 15 is 0 Å². The Morgan fingerprint density at radius 3 is 2.30 bits per heavy atom. The number of anilines is 1. The number of nitrogens with one attached hydrogen (secondary N) is 1. The summed E-state index contributed by atoms with van der Waals surface area (Å²) < 4.78 is 98.8. The monoisotopic (exact) mass is 478 g/mol. The van der Waals surface area contributed by atoms with Gasteiger partial charge in [-0.3, -0.25) is 10.0 Å². The Bertz CT molecular complexity index is 1170. The summed E-state index contributed by atoms with van der Waals surface area (Å²) in [5, 5.41) is 14.9. The van der Waals surface area contributed by atoms with Gasteiger partial charge in [-0.25, -0.2) is 4.39 Å². The Hall–Kier alpha value is -4.10. The number of benzene rings is 2. The van der Waals surface area contributed by atoms with E-state index in [1.807, 2.05) is 0 Å². The molecule has 0 saturated heterocycles. The van der Waals surface area contributed by atoms with Crippen LogP contribution in [0.25, 0.3) is 0 Å². The minimum absolute atomic E-state index is 0.0656. The maximum absolute atomic E-state index is 13.9. The number of hydrogen-bond donors (Lipinski definition) is 2. The van der Waals surface area contributed by atoms with E-state index < -0.39 is 52.6 Å². The predicted molar refractivity (Wildman–Crippen MR) is 94.2 cm³/mol. The molecule has 0 unspecified atom stereocenters. The largest absolute Gasteiger partial charge is 0.573 e. The van der Waals surface area contributed by atoms with Crippen molar-refractivity contribution >= 4 is 11.6 Å². The summed E-state index contributed by atoms with van der Waals surface area (Å²) in [5.74, 6) is -4.80. The van der Waals surface area contributed by atoms with Crippen LogP contribution in [0.1, 0.15) is 15.9 Å². The SMILES string of the molecule is O=C(Nc1cc[n+](O)nc1)c1ccc(C(F)(F)F)cc1Oc1ccc(OC(F)(F)F)c(F)c1. The molecule has 0 aliphatic heterocycles. The van der Waals surface area contributed by atoms with E-state index in [2.05, 4.69) is 15.2 Å². The third-order valence-corrected chi connectivity index (χ3v) is 3.87. The molecule has 0 radical (unpaired) electrons. The van der Waals surface area contributed by atoms with Gasteiger partial charge in [0, 0.05) is 17.2 Å². The molecule has 33 heavy (non-hydrogen) atoms. The number of rotatable bonds is 5. The standard InChI is InChI=1S/C19H10F7N3O4/c20-14-8-12(2-4-15(14)33-19(24,25)26)32-16-7-10(18(21,22)23)1-3-13(16)17(30)28-11-5-6-29(31)27-9-11/h1-9,31H/p+1. The number of carbonyl (C=O) groups excluding carboxylic acids is 1. The van der Waals surface area contributed by atoms with Crippen LogP contribution in [0.4, 0.5) is 36.4 Å². The van der Waals surface area contributed by atoms with Crippen LogP contribution in [0.2, 0.25) is 0 Å². The lowest BCUT2D eigenvalue weighted by molar-refractivity contribution is -0.948. The van der Waals surface area contributed by atoms with Gasteiger partial charge in [-0.1, -0.05) is 0 Å². The third kappa shape index (κ3) is 6.21. The number of aromatic nitrogens is 2. The van der Waals surface area contributed by atoms with Crippen LogP contribution in [-0.4, -0.2) is 22.6 Å². The fourth-order valence-corrected chi connectivity index (χ4v) is 2.47. The van der Waals surface area contributed by atoms with Gasteiger partial charge in [0.25, 0.3) is 12.1 Å². The fraction of sp³-hybridized carbons (Fsp3) is 0.105. The van der Waals surface area contributed by atoms with E-state index in [4.69, 9.17) is 9.94 Å². The molecular weight excluding hydrogens is 467 g/mol. The van der Waals surface area contributed by atoms with Crippen molar-refractivity contribution in [2.75, 3.05) is 5.32 Å². The number of amides is 1. The molecule has 0 fully saturated rings. The molecule has 3 rings (SSSR count). The second-order valence-corrected chi connectivity index (χ2v) is 6.24. The van der Waals surface area contributed by atoms with E-state index in [0.717, 1.165) is 24.5 Å². The van der Waals surface area contributed by atoms with Crippen LogP contribution in [0.15, 0.2) is 54.9 Å². The summed E-state index contributed by atoms with van der Waals surface area (Å²) in [6.07, 6.45) is -7.89. The average Bonchev–Trinajstić information content (AvgIpc) is 2.70. The van der Waals surface area contributed by atoms with Crippen molar-refractivity contribution in [3.63, 3.8) is 0 Å². The Balaban J connectivity index is 1.94. The molecule has 1 amide bonds. The van der Waals surface area contributed by atoms with Crippen LogP contribution >= 0.6 is 0 Å². The van der Waals surface area contributed by atoms with E-state index in [-0.39, 0.29) is 5.69 Å². The van der Waals surface area contributed by atoms with Crippen molar-refractivity contribution in [2.24, 2.45) is 0 Å². The summed E-state index contributed by atoms with van der Waals surface area (Å²) in [4.78, 5) is 13.0. The van der Waals surface area contributed by atoms with Crippen molar-refractivity contribution in [2.45, 2.75) is 12.5 Å². The average molecular weight is 478 g/mol. The highest BCUT2D eigenvalue weighted by molar-refractivity contribution is 6.06. The van der Waals surface area contributed by atoms with Gasteiger partial charge in [-0.05, 0) is 30.3 Å². The van der Waals surface area contributed by atoms with Gasteiger partial charge in [-0.15, -0.1) is 13.2 Å². The highest BCUT2D eigenvalue weighted by Gasteiger charge is 2.33. The van der Waals surface area contributed by atoms with Gasteiger partial charge < -0.3 is 14.8 Å². The molecule has 14 heteroatoms. The molecule has 0 bridgehead atoms. The van der Waals surface area contributed by atoms with Gasteiger partial charge in [-0.2, -0.15) is 13.2 Å². The van der Waals surface area contributed by atoms with E-state index in [1.54, 1.807) is 0 Å². The van der Waals surface area contributed by atoms with Gasteiger partial charge >= 0.3 is 12.5 Å². The molecule has 0 saturated carbocycles. The maximum atomic E-state index is 13.9. The predicted octanol–water partition coefficient (Wildman–Crippen LogP) is 4.71. The highest BCUT2D eigenvalue weighted by atomic mass is 19.4. The molecule has 0 aliphatic rings. The zero-order chi connectivity index (χ0) is 24.4. The number of halogens is 7. The van der Waals surface area contributed by atoms with Crippen molar-refractivity contribution in [3.8, 4) is 17.2 Å². The Morgan fingerprint density at radius 1 is 1.00 bits per heavy atom.